The molecule has 0 saturated carbocycles. The molecule has 0 aliphatic heterocycles. The average Bonchev–Trinajstić information content (AvgIpc) is 3.23. The van der Waals surface area contributed by atoms with Crippen molar-refractivity contribution in [3.05, 3.63) is 74.0 Å². The molecule has 0 saturated heterocycles. The van der Waals surface area contributed by atoms with E-state index in [0.717, 1.165) is 15.0 Å². The summed E-state index contributed by atoms with van der Waals surface area (Å²) in [5.41, 5.74) is 0.163. The van der Waals surface area contributed by atoms with E-state index in [2.05, 4.69) is 9.97 Å². The maximum Gasteiger partial charge on any atom is 0.332 e. The fourth-order valence-electron chi connectivity index (χ4n) is 2.83. The van der Waals surface area contributed by atoms with Crippen LogP contribution in [0.4, 0.5) is 4.39 Å². The van der Waals surface area contributed by atoms with Gasteiger partial charge in [0.05, 0.1) is 4.88 Å². The lowest BCUT2D eigenvalue weighted by Crippen LogP contribution is -2.37. The first-order valence-corrected chi connectivity index (χ1v) is 10.2. The van der Waals surface area contributed by atoms with Crippen molar-refractivity contribution in [1.29, 1.82) is 0 Å². The topological polar surface area (TPSA) is 69.8 Å². The van der Waals surface area contributed by atoms with Crippen LogP contribution in [0, 0.1) is 5.82 Å². The second-order valence-electron chi connectivity index (χ2n) is 6.15. The summed E-state index contributed by atoms with van der Waals surface area (Å²) in [6.07, 6.45) is 0. The molecule has 0 fully saturated rings. The van der Waals surface area contributed by atoms with Gasteiger partial charge in [-0.1, -0.05) is 18.2 Å². The molecule has 0 N–H and O–H groups in total. The monoisotopic (exact) mass is 414 g/mol. The minimum atomic E-state index is -0.450. The molecule has 4 aromatic rings. The van der Waals surface area contributed by atoms with E-state index in [1.165, 1.54) is 46.8 Å². The summed E-state index contributed by atoms with van der Waals surface area (Å²) in [5.74, 6) is 0.565. The summed E-state index contributed by atoms with van der Waals surface area (Å²) in [5, 5.41) is 2.66. The molecule has 0 aliphatic rings. The first-order chi connectivity index (χ1) is 13.5. The molecule has 1 aromatic carbocycles. The number of aromatic nitrogens is 4. The van der Waals surface area contributed by atoms with Crippen LogP contribution in [-0.2, 0) is 19.8 Å². The molecule has 3 aromatic heterocycles. The Hall–Kier alpha value is -2.78. The molecule has 0 bridgehead atoms. The summed E-state index contributed by atoms with van der Waals surface area (Å²) in [4.78, 5) is 35.0. The second-order valence-corrected chi connectivity index (χ2v) is 8.06. The van der Waals surface area contributed by atoms with Gasteiger partial charge in [-0.3, -0.25) is 13.9 Å². The predicted octanol–water partition coefficient (Wildman–Crippen LogP) is 3.19. The summed E-state index contributed by atoms with van der Waals surface area (Å²) in [7, 11) is 3.01. The highest BCUT2D eigenvalue weighted by Gasteiger charge is 2.18. The van der Waals surface area contributed by atoms with E-state index >= 15 is 0 Å². The first kappa shape index (κ1) is 18.6. The van der Waals surface area contributed by atoms with Crippen LogP contribution in [0.1, 0.15) is 5.56 Å². The molecule has 28 heavy (non-hydrogen) atoms. The van der Waals surface area contributed by atoms with Gasteiger partial charge < -0.3 is 0 Å². The Bertz CT molecular complexity index is 1300. The molecular weight excluding hydrogens is 399 g/mol. The molecule has 0 aliphatic carbocycles. The minimum Gasteiger partial charge on any atom is -0.280 e. The molecule has 0 spiro atoms. The Labute approximate surface area is 167 Å². The molecule has 0 radical (unpaired) electrons. The third kappa shape index (κ3) is 3.27. The van der Waals surface area contributed by atoms with Crippen molar-refractivity contribution in [2.24, 2.45) is 14.1 Å². The van der Waals surface area contributed by atoms with Gasteiger partial charge in [-0.05, 0) is 29.1 Å². The van der Waals surface area contributed by atoms with Gasteiger partial charge in [0.25, 0.3) is 5.56 Å². The maximum atomic E-state index is 13.5. The quantitative estimate of drug-likeness (QED) is 0.379. The molecule has 9 heteroatoms. The van der Waals surface area contributed by atoms with Crippen molar-refractivity contribution in [2.75, 3.05) is 0 Å². The zero-order chi connectivity index (χ0) is 19.8. The van der Waals surface area contributed by atoms with Crippen molar-refractivity contribution < 1.29 is 4.39 Å². The number of rotatable bonds is 4. The van der Waals surface area contributed by atoms with Gasteiger partial charge in [-0.2, -0.15) is 0 Å². The molecule has 142 valence electrons. The van der Waals surface area contributed by atoms with Crippen molar-refractivity contribution in [3.8, 4) is 10.7 Å². The molecule has 0 unspecified atom stereocenters. The second kappa shape index (κ2) is 7.33. The summed E-state index contributed by atoms with van der Waals surface area (Å²) < 4.78 is 15.9. The number of thiophene rings is 1. The molecule has 0 atom stereocenters. The van der Waals surface area contributed by atoms with Gasteiger partial charge in [-0.25, -0.2) is 19.2 Å². The summed E-state index contributed by atoms with van der Waals surface area (Å²) in [6, 6.07) is 10.1. The van der Waals surface area contributed by atoms with E-state index in [0.29, 0.717) is 16.6 Å². The van der Waals surface area contributed by atoms with Gasteiger partial charge in [0.1, 0.15) is 16.2 Å². The van der Waals surface area contributed by atoms with Crippen LogP contribution >= 0.6 is 23.1 Å². The van der Waals surface area contributed by atoms with Crippen LogP contribution in [0.25, 0.3) is 21.7 Å². The largest absolute Gasteiger partial charge is 0.332 e. The lowest BCUT2D eigenvalue weighted by atomic mass is 10.2. The van der Waals surface area contributed by atoms with Crippen LogP contribution in [0.2, 0.25) is 0 Å². The van der Waals surface area contributed by atoms with E-state index in [1.807, 2.05) is 23.6 Å². The van der Waals surface area contributed by atoms with Crippen LogP contribution in [0.5, 0.6) is 0 Å². The summed E-state index contributed by atoms with van der Waals surface area (Å²) >= 11 is 2.79. The number of aryl methyl sites for hydroxylation is 1. The minimum absolute atomic E-state index is 0.284. The first-order valence-electron chi connectivity index (χ1n) is 8.34. The van der Waals surface area contributed by atoms with E-state index in [4.69, 9.17) is 0 Å². The fourth-order valence-corrected chi connectivity index (χ4v) is 4.44. The number of thioether (sulfide) groups is 1. The smallest absolute Gasteiger partial charge is 0.280 e. The highest BCUT2D eigenvalue weighted by atomic mass is 32.2. The van der Waals surface area contributed by atoms with Crippen molar-refractivity contribution >= 4 is 34.1 Å². The van der Waals surface area contributed by atoms with Crippen LogP contribution in [0.3, 0.4) is 0 Å². The van der Waals surface area contributed by atoms with Gasteiger partial charge in [-0.15, -0.1) is 23.1 Å². The van der Waals surface area contributed by atoms with Gasteiger partial charge in [0.15, 0.2) is 11.5 Å². The highest BCUT2D eigenvalue weighted by molar-refractivity contribution is 7.98. The average molecular weight is 414 g/mol. The Morgan fingerprint density at radius 1 is 1.11 bits per heavy atom. The SMILES string of the molecule is Cn1c(=O)c2c(SCc3cccc(F)c3)nc(-c3cccs3)nc2n(C)c1=O. The molecule has 0 amide bonds. The number of hydrogen-bond acceptors (Lipinski definition) is 6. The van der Waals surface area contributed by atoms with Gasteiger partial charge >= 0.3 is 5.69 Å². The third-order valence-electron chi connectivity index (χ3n) is 4.27. The van der Waals surface area contributed by atoms with Crippen LogP contribution in [-0.4, -0.2) is 19.1 Å². The molecule has 4 rings (SSSR count). The Kier molecular flexibility index (Phi) is 4.86. The number of benzene rings is 1. The number of nitrogens with zero attached hydrogens (tertiary/aromatic N) is 4. The van der Waals surface area contributed by atoms with Crippen LogP contribution < -0.4 is 11.2 Å². The van der Waals surface area contributed by atoms with E-state index < -0.39 is 11.2 Å². The third-order valence-corrected chi connectivity index (χ3v) is 6.19. The predicted molar refractivity (Wildman–Crippen MR) is 109 cm³/mol. The molecular formula is C19H15FN4O2S2. The van der Waals surface area contributed by atoms with E-state index in [9.17, 15) is 14.0 Å². The lowest BCUT2D eigenvalue weighted by molar-refractivity contribution is 0.626. The number of hydrogen-bond donors (Lipinski definition) is 0. The van der Waals surface area contributed by atoms with Gasteiger partial charge in [0.2, 0.25) is 0 Å². The maximum absolute atomic E-state index is 13.5. The standard InChI is InChI=1S/C19H15FN4O2S2/c1-23-16-14(18(25)24(2)19(23)26)17(22-15(21-16)13-7-4-8-27-13)28-10-11-5-3-6-12(20)9-11/h3-9H,10H2,1-2H3. The van der Waals surface area contributed by atoms with Crippen molar-refractivity contribution in [3.63, 3.8) is 0 Å². The highest BCUT2D eigenvalue weighted by Crippen LogP contribution is 2.30. The lowest BCUT2D eigenvalue weighted by Gasteiger charge is -2.11. The zero-order valence-electron chi connectivity index (χ0n) is 15.0. The van der Waals surface area contributed by atoms with E-state index in [-0.39, 0.29) is 16.9 Å². The van der Waals surface area contributed by atoms with Gasteiger partial charge in [0, 0.05) is 19.8 Å². The Morgan fingerprint density at radius 3 is 2.64 bits per heavy atom. The Balaban J connectivity index is 1.92. The van der Waals surface area contributed by atoms with E-state index in [1.54, 1.807) is 13.1 Å². The number of fused-ring (bicyclic) bond motifs is 1. The number of halogens is 1. The molecule has 3 heterocycles. The zero-order valence-corrected chi connectivity index (χ0v) is 16.7. The summed E-state index contributed by atoms with van der Waals surface area (Å²) in [6.45, 7) is 0. The fraction of sp³-hybridized carbons (Fsp3) is 0.158. The van der Waals surface area contributed by atoms with Crippen molar-refractivity contribution in [2.45, 2.75) is 10.8 Å². The Morgan fingerprint density at radius 2 is 1.93 bits per heavy atom. The van der Waals surface area contributed by atoms with Crippen molar-refractivity contribution in [1.82, 2.24) is 19.1 Å². The molecule has 6 nitrogen and oxygen atoms in total. The van der Waals surface area contributed by atoms with Crippen LogP contribution in [0.15, 0.2) is 56.4 Å². The normalized spacial score (nSPS) is 11.2.